The average Bonchev–Trinajstić information content (AvgIpc) is 3.16. The van der Waals surface area contributed by atoms with E-state index in [2.05, 4.69) is 20.2 Å². The van der Waals surface area contributed by atoms with Crippen LogP contribution in [0.5, 0.6) is 0 Å². The Morgan fingerprint density at radius 3 is 3.06 bits per heavy atom. The standard InChI is InChI=1S/C13H20N4S/c1-18-13-6-12(15-9-16-13)14-7-10-4-5-17(8-10)11-2-3-11/h6,9-11H,2-5,7-8H2,1H3,(H,14,15,16). The molecule has 1 aromatic heterocycles. The highest BCUT2D eigenvalue weighted by Gasteiger charge is 2.34. The van der Waals surface area contributed by atoms with Crippen molar-refractivity contribution in [2.45, 2.75) is 30.3 Å². The van der Waals surface area contributed by atoms with Crippen molar-refractivity contribution in [1.29, 1.82) is 0 Å². The highest BCUT2D eigenvalue weighted by atomic mass is 32.2. The number of hydrogen-bond donors (Lipinski definition) is 1. The molecule has 5 heteroatoms. The van der Waals surface area contributed by atoms with Gasteiger partial charge in [0.2, 0.25) is 0 Å². The number of hydrogen-bond acceptors (Lipinski definition) is 5. The minimum Gasteiger partial charge on any atom is -0.370 e. The Bertz CT molecular complexity index is 408. The number of likely N-dealkylation sites (tertiary alicyclic amines) is 1. The first-order valence-electron chi connectivity index (χ1n) is 6.69. The second-order valence-electron chi connectivity index (χ2n) is 5.21. The summed E-state index contributed by atoms with van der Waals surface area (Å²) in [5.41, 5.74) is 0. The van der Waals surface area contributed by atoms with Gasteiger partial charge in [0.25, 0.3) is 0 Å². The van der Waals surface area contributed by atoms with Gasteiger partial charge in [0.15, 0.2) is 0 Å². The molecule has 1 saturated heterocycles. The molecule has 0 radical (unpaired) electrons. The first-order chi connectivity index (χ1) is 8.85. The molecule has 2 aliphatic rings. The van der Waals surface area contributed by atoms with E-state index in [0.717, 1.165) is 29.3 Å². The monoisotopic (exact) mass is 264 g/mol. The Hall–Kier alpha value is -0.810. The molecule has 0 aromatic carbocycles. The lowest BCUT2D eigenvalue weighted by Crippen LogP contribution is -2.24. The Kier molecular flexibility index (Phi) is 3.70. The summed E-state index contributed by atoms with van der Waals surface area (Å²) in [5.74, 6) is 1.73. The van der Waals surface area contributed by atoms with Crippen molar-refractivity contribution in [3.8, 4) is 0 Å². The van der Waals surface area contributed by atoms with Crippen LogP contribution in [0.4, 0.5) is 5.82 Å². The third-order valence-corrected chi connectivity index (χ3v) is 4.45. The van der Waals surface area contributed by atoms with Gasteiger partial charge in [-0.2, -0.15) is 0 Å². The molecule has 2 fully saturated rings. The maximum Gasteiger partial charge on any atom is 0.130 e. The predicted molar refractivity (Wildman–Crippen MR) is 75.0 cm³/mol. The van der Waals surface area contributed by atoms with Crippen LogP contribution in [0.2, 0.25) is 0 Å². The molecule has 1 saturated carbocycles. The van der Waals surface area contributed by atoms with Gasteiger partial charge in [0.1, 0.15) is 17.2 Å². The van der Waals surface area contributed by atoms with E-state index in [1.807, 2.05) is 12.3 Å². The zero-order valence-corrected chi connectivity index (χ0v) is 11.6. The normalized spacial score (nSPS) is 24.4. The quantitative estimate of drug-likeness (QED) is 0.651. The van der Waals surface area contributed by atoms with Crippen LogP contribution in [-0.4, -0.2) is 46.8 Å². The number of aromatic nitrogens is 2. The largest absolute Gasteiger partial charge is 0.370 e. The minimum absolute atomic E-state index is 0.776. The second kappa shape index (κ2) is 5.45. The smallest absolute Gasteiger partial charge is 0.130 e. The third-order valence-electron chi connectivity index (χ3n) is 3.80. The van der Waals surface area contributed by atoms with E-state index >= 15 is 0 Å². The van der Waals surface area contributed by atoms with E-state index in [9.17, 15) is 0 Å². The van der Waals surface area contributed by atoms with Crippen LogP contribution >= 0.6 is 11.8 Å². The molecule has 0 spiro atoms. The van der Waals surface area contributed by atoms with E-state index in [0.29, 0.717) is 0 Å². The van der Waals surface area contributed by atoms with E-state index in [4.69, 9.17) is 0 Å². The van der Waals surface area contributed by atoms with Crippen molar-refractivity contribution < 1.29 is 0 Å². The first-order valence-corrected chi connectivity index (χ1v) is 7.91. The SMILES string of the molecule is CSc1cc(NCC2CCN(C3CC3)C2)ncn1. The first kappa shape index (κ1) is 12.2. The molecule has 1 aliphatic heterocycles. The molecule has 98 valence electrons. The lowest BCUT2D eigenvalue weighted by atomic mass is 10.1. The fourth-order valence-electron chi connectivity index (χ4n) is 2.60. The Morgan fingerprint density at radius 2 is 2.28 bits per heavy atom. The van der Waals surface area contributed by atoms with Crippen molar-refractivity contribution in [3.63, 3.8) is 0 Å². The summed E-state index contributed by atoms with van der Waals surface area (Å²) in [5, 5.41) is 4.48. The van der Waals surface area contributed by atoms with Gasteiger partial charge in [-0.3, -0.25) is 0 Å². The van der Waals surface area contributed by atoms with Crippen LogP contribution in [0.25, 0.3) is 0 Å². The maximum atomic E-state index is 4.27. The van der Waals surface area contributed by atoms with Gasteiger partial charge >= 0.3 is 0 Å². The molecule has 1 aliphatic carbocycles. The second-order valence-corrected chi connectivity index (χ2v) is 6.03. The Morgan fingerprint density at radius 1 is 1.39 bits per heavy atom. The zero-order chi connectivity index (χ0) is 12.4. The molecule has 1 N–H and O–H groups in total. The summed E-state index contributed by atoms with van der Waals surface area (Å²) in [6, 6.07) is 2.94. The maximum absolute atomic E-state index is 4.27. The Balaban J connectivity index is 1.48. The fraction of sp³-hybridized carbons (Fsp3) is 0.692. The molecule has 0 bridgehead atoms. The predicted octanol–water partition coefficient (Wildman–Crippen LogP) is 2.09. The molecule has 1 unspecified atom stereocenters. The molecular formula is C13H20N4S. The summed E-state index contributed by atoms with van der Waals surface area (Å²) >= 11 is 1.65. The van der Waals surface area contributed by atoms with E-state index in [1.54, 1.807) is 18.1 Å². The average molecular weight is 264 g/mol. The third kappa shape index (κ3) is 2.95. The van der Waals surface area contributed by atoms with Gasteiger partial charge in [0.05, 0.1) is 0 Å². The number of nitrogens with zero attached hydrogens (tertiary/aromatic N) is 3. The van der Waals surface area contributed by atoms with E-state index < -0.39 is 0 Å². The lowest BCUT2D eigenvalue weighted by Gasteiger charge is -2.15. The van der Waals surface area contributed by atoms with Crippen LogP contribution in [0.3, 0.4) is 0 Å². The van der Waals surface area contributed by atoms with Gasteiger partial charge in [-0.05, 0) is 38.0 Å². The molecule has 1 aromatic rings. The van der Waals surface area contributed by atoms with Crippen molar-refractivity contribution in [1.82, 2.24) is 14.9 Å². The molecular weight excluding hydrogens is 244 g/mol. The number of nitrogens with one attached hydrogen (secondary N) is 1. The summed E-state index contributed by atoms with van der Waals surface area (Å²) in [4.78, 5) is 11.1. The van der Waals surface area contributed by atoms with Crippen molar-refractivity contribution in [2.75, 3.05) is 31.2 Å². The van der Waals surface area contributed by atoms with Gasteiger partial charge in [-0.1, -0.05) is 0 Å². The number of rotatable bonds is 5. The van der Waals surface area contributed by atoms with Crippen LogP contribution in [0.15, 0.2) is 17.4 Å². The number of anilines is 1. The summed E-state index contributed by atoms with van der Waals surface area (Å²) in [6.07, 6.45) is 7.84. The van der Waals surface area contributed by atoms with Crippen molar-refractivity contribution in [2.24, 2.45) is 5.92 Å². The van der Waals surface area contributed by atoms with Gasteiger partial charge in [-0.25, -0.2) is 9.97 Å². The lowest BCUT2D eigenvalue weighted by molar-refractivity contribution is 0.316. The summed E-state index contributed by atoms with van der Waals surface area (Å²) in [7, 11) is 0. The molecule has 4 nitrogen and oxygen atoms in total. The van der Waals surface area contributed by atoms with Gasteiger partial charge in [0, 0.05) is 25.2 Å². The zero-order valence-electron chi connectivity index (χ0n) is 10.8. The molecule has 3 rings (SSSR count). The van der Waals surface area contributed by atoms with Crippen molar-refractivity contribution >= 4 is 17.6 Å². The van der Waals surface area contributed by atoms with Crippen LogP contribution in [0.1, 0.15) is 19.3 Å². The van der Waals surface area contributed by atoms with Crippen LogP contribution in [0, 0.1) is 5.92 Å². The molecule has 1 atom stereocenters. The fourth-order valence-corrected chi connectivity index (χ4v) is 2.98. The summed E-state index contributed by atoms with van der Waals surface area (Å²) in [6.45, 7) is 3.59. The number of thioether (sulfide) groups is 1. The molecule has 2 heterocycles. The highest BCUT2D eigenvalue weighted by Crippen LogP contribution is 2.31. The van der Waals surface area contributed by atoms with Gasteiger partial charge < -0.3 is 10.2 Å². The Labute approximate surface area is 113 Å². The minimum atomic E-state index is 0.776. The topological polar surface area (TPSA) is 41.0 Å². The molecule has 18 heavy (non-hydrogen) atoms. The summed E-state index contributed by atoms with van der Waals surface area (Å²) < 4.78 is 0. The molecule has 0 amide bonds. The van der Waals surface area contributed by atoms with E-state index in [-0.39, 0.29) is 0 Å². The van der Waals surface area contributed by atoms with Gasteiger partial charge in [-0.15, -0.1) is 11.8 Å². The van der Waals surface area contributed by atoms with Crippen LogP contribution < -0.4 is 5.32 Å². The van der Waals surface area contributed by atoms with Crippen LogP contribution in [-0.2, 0) is 0 Å². The highest BCUT2D eigenvalue weighted by molar-refractivity contribution is 7.98. The van der Waals surface area contributed by atoms with Crippen molar-refractivity contribution in [3.05, 3.63) is 12.4 Å². The van der Waals surface area contributed by atoms with E-state index in [1.165, 1.54) is 32.4 Å².